The molecular formula is C34H52FN7O7. The van der Waals surface area contributed by atoms with Crippen LogP contribution in [-0.2, 0) is 14.3 Å². The summed E-state index contributed by atoms with van der Waals surface area (Å²) in [6, 6.07) is 4.44. The number of nitrogens with zero attached hydrogens (tertiary/aromatic N) is 6. The Morgan fingerprint density at radius 2 is 1.71 bits per heavy atom. The van der Waals surface area contributed by atoms with Crippen LogP contribution in [0.5, 0.6) is 11.6 Å². The third-order valence-corrected chi connectivity index (χ3v) is 8.87. The van der Waals surface area contributed by atoms with Crippen LogP contribution in [0.4, 0.5) is 10.2 Å². The maximum atomic E-state index is 14.4. The number of benzene rings is 1. The molecular weight excluding hydrogens is 637 g/mol. The molecule has 4 rings (SSSR count). The Morgan fingerprint density at radius 3 is 2.31 bits per heavy atom. The topological polar surface area (TPSA) is 171 Å². The van der Waals surface area contributed by atoms with Crippen LogP contribution in [0, 0.1) is 17.2 Å². The van der Waals surface area contributed by atoms with Crippen LogP contribution >= 0.6 is 0 Å². The van der Waals surface area contributed by atoms with E-state index < -0.39 is 17.8 Å². The van der Waals surface area contributed by atoms with Crippen molar-refractivity contribution in [3.8, 4) is 11.6 Å². The number of aromatic nitrogens is 3. The summed E-state index contributed by atoms with van der Waals surface area (Å²) in [6.07, 6.45) is 4.81. The van der Waals surface area contributed by atoms with Gasteiger partial charge in [-0.15, -0.1) is 10.2 Å². The molecule has 2 fully saturated rings. The quantitative estimate of drug-likeness (QED) is 0.183. The second-order valence-corrected chi connectivity index (χ2v) is 13.6. The Morgan fingerprint density at radius 1 is 1.04 bits per heavy atom. The van der Waals surface area contributed by atoms with E-state index in [2.05, 4.69) is 44.1 Å². The van der Waals surface area contributed by atoms with Crippen molar-refractivity contribution in [2.75, 3.05) is 57.9 Å². The van der Waals surface area contributed by atoms with E-state index in [0.717, 1.165) is 58.7 Å². The molecule has 0 radical (unpaired) electrons. The fraction of sp³-hybridized carbons (Fsp3) is 0.647. The van der Waals surface area contributed by atoms with Crippen LogP contribution < -0.4 is 15.0 Å². The Hall–Kier alpha value is -3.95. The van der Waals surface area contributed by atoms with Gasteiger partial charge in [0.05, 0.1) is 12.2 Å². The number of nitrogens with one attached hydrogen (secondary N) is 1. The molecule has 0 aliphatic carbocycles. The molecule has 1 aromatic heterocycles. The maximum absolute atomic E-state index is 14.4. The first kappa shape index (κ1) is 39.5. The minimum atomic E-state index is -1.82. The fourth-order valence-electron chi connectivity index (χ4n) is 6.71. The van der Waals surface area contributed by atoms with Crippen molar-refractivity contribution >= 4 is 23.7 Å². The zero-order valence-electron chi connectivity index (χ0n) is 29.7. The van der Waals surface area contributed by atoms with Crippen molar-refractivity contribution in [2.24, 2.45) is 11.3 Å². The fourth-order valence-corrected chi connectivity index (χ4v) is 6.71. The van der Waals surface area contributed by atoms with Gasteiger partial charge in [0, 0.05) is 63.4 Å². The Kier molecular flexibility index (Phi) is 14.6. The van der Waals surface area contributed by atoms with Crippen molar-refractivity contribution in [3.63, 3.8) is 0 Å². The van der Waals surface area contributed by atoms with Crippen molar-refractivity contribution in [2.45, 2.75) is 78.9 Å². The molecule has 1 amide bonds. The Labute approximate surface area is 288 Å². The Balaban J connectivity index is 0.000000992. The molecule has 2 aliphatic heterocycles. The maximum Gasteiger partial charge on any atom is 0.414 e. The predicted molar refractivity (Wildman–Crippen MR) is 181 cm³/mol. The highest BCUT2D eigenvalue weighted by Crippen LogP contribution is 2.44. The van der Waals surface area contributed by atoms with Crippen molar-refractivity contribution < 1.29 is 38.5 Å². The van der Waals surface area contributed by atoms with Gasteiger partial charge in [0.25, 0.3) is 11.8 Å². The highest BCUT2D eigenvalue weighted by Gasteiger charge is 2.50. The number of hydrogen-bond acceptors (Lipinski definition) is 11. The minimum Gasteiger partial charge on any atom is -0.473 e. The SMILES string of the molecule is COCCNCCCC(C(C)C)N1CC2(CCN(c3ncnnc3Oc3ccc(F)cc3C(=O)N(C(C)C)C(C)C)C2)C1.O=C(O)C(=O)O. The first-order valence-electron chi connectivity index (χ1n) is 16.8. The average molecular weight is 690 g/mol. The summed E-state index contributed by atoms with van der Waals surface area (Å²) >= 11 is 0. The molecule has 2 aliphatic rings. The first-order chi connectivity index (χ1) is 23.2. The number of carboxylic acid groups (broad SMARTS) is 2. The molecule has 3 N–H and O–H groups in total. The lowest BCUT2D eigenvalue weighted by molar-refractivity contribution is -0.159. The van der Waals surface area contributed by atoms with Crippen LogP contribution in [0.3, 0.4) is 0 Å². The number of carboxylic acids is 2. The van der Waals surface area contributed by atoms with Gasteiger partial charge in [0.1, 0.15) is 17.9 Å². The number of hydrogen-bond donors (Lipinski definition) is 3. The molecule has 49 heavy (non-hydrogen) atoms. The van der Waals surface area contributed by atoms with Gasteiger partial charge in [-0.2, -0.15) is 0 Å². The molecule has 14 nitrogen and oxygen atoms in total. The zero-order chi connectivity index (χ0) is 36.3. The second-order valence-electron chi connectivity index (χ2n) is 13.6. The molecule has 0 bridgehead atoms. The van der Waals surface area contributed by atoms with Crippen LogP contribution in [0.2, 0.25) is 0 Å². The van der Waals surface area contributed by atoms with E-state index in [1.165, 1.54) is 30.9 Å². The summed E-state index contributed by atoms with van der Waals surface area (Å²) in [7, 11) is 1.73. The third kappa shape index (κ3) is 10.8. The third-order valence-electron chi connectivity index (χ3n) is 8.87. The first-order valence-corrected chi connectivity index (χ1v) is 16.8. The van der Waals surface area contributed by atoms with Gasteiger partial charge in [0.15, 0.2) is 5.82 Å². The number of halogens is 1. The summed E-state index contributed by atoms with van der Waals surface area (Å²) in [5.74, 6) is -2.80. The van der Waals surface area contributed by atoms with E-state index in [-0.39, 0.29) is 40.6 Å². The van der Waals surface area contributed by atoms with E-state index in [1.54, 1.807) is 12.0 Å². The predicted octanol–water partition coefficient (Wildman–Crippen LogP) is 3.77. The molecule has 1 spiro atoms. The van der Waals surface area contributed by atoms with Gasteiger partial charge in [0.2, 0.25) is 0 Å². The van der Waals surface area contributed by atoms with Crippen molar-refractivity contribution in [1.82, 2.24) is 30.3 Å². The monoisotopic (exact) mass is 689 g/mol. The van der Waals surface area contributed by atoms with E-state index >= 15 is 0 Å². The largest absolute Gasteiger partial charge is 0.473 e. The molecule has 15 heteroatoms. The molecule has 1 unspecified atom stereocenters. The number of carbonyl (C=O) groups excluding carboxylic acids is 1. The van der Waals surface area contributed by atoms with E-state index in [0.29, 0.717) is 17.8 Å². The number of methoxy groups -OCH3 is 1. The zero-order valence-corrected chi connectivity index (χ0v) is 29.7. The summed E-state index contributed by atoms with van der Waals surface area (Å²) in [4.78, 5) is 42.8. The van der Waals surface area contributed by atoms with Crippen LogP contribution in [0.25, 0.3) is 0 Å². The summed E-state index contributed by atoms with van der Waals surface area (Å²) in [5.41, 5.74) is 0.359. The highest BCUT2D eigenvalue weighted by molar-refractivity contribution is 6.27. The molecule has 1 atom stereocenters. The normalized spacial score (nSPS) is 16.0. The van der Waals surface area contributed by atoms with E-state index in [1.807, 2.05) is 27.7 Å². The van der Waals surface area contributed by atoms with Gasteiger partial charge in [-0.3, -0.25) is 9.69 Å². The molecule has 2 saturated heterocycles. The molecule has 2 aromatic rings. The number of anilines is 1. The van der Waals surface area contributed by atoms with Crippen LogP contribution in [-0.4, -0.2) is 124 Å². The number of amides is 1. The number of ether oxygens (including phenoxy) is 2. The number of likely N-dealkylation sites (tertiary alicyclic amines) is 1. The number of rotatable bonds is 15. The van der Waals surface area contributed by atoms with Crippen molar-refractivity contribution in [3.05, 3.63) is 35.9 Å². The second kappa shape index (κ2) is 18.2. The van der Waals surface area contributed by atoms with Crippen LogP contribution in [0.15, 0.2) is 24.5 Å². The van der Waals surface area contributed by atoms with Gasteiger partial charge in [-0.05, 0) is 77.6 Å². The van der Waals surface area contributed by atoms with E-state index in [9.17, 15) is 9.18 Å². The lowest BCUT2D eigenvalue weighted by Gasteiger charge is -2.53. The molecule has 0 saturated carbocycles. The van der Waals surface area contributed by atoms with Gasteiger partial charge in [-0.25, -0.2) is 19.0 Å². The van der Waals surface area contributed by atoms with Gasteiger partial charge >= 0.3 is 11.9 Å². The molecule has 272 valence electrons. The molecule has 1 aromatic carbocycles. The molecule has 3 heterocycles. The van der Waals surface area contributed by atoms with Gasteiger partial charge < -0.3 is 34.8 Å². The summed E-state index contributed by atoms with van der Waals surface area (Å²) < 4.78 is 25.7. The van der Waals surface area contributed by atoms with E-state index in [4.69, 9.17) is 29.3 Å². The number of aliphatic carboxylic acids is 2. The van der Waals surface area contributed by atoms with Gasteiger partial charge in [-0.1, -0.05) is 13.8 Å². The summed E-state index contributed by atoms with van der Waals surface area (Å²) in [6.45, 7) is 18.9. The number of carbonyl (C=O) groups is 3. The highest BCUT2D eigenvalue weighted by atomic mass is 19.1. The minimum absolute atomic E-state index is 0.0620. The summed E-state index contributed by atoms with van der Waals surface area (Å²) in [5, 5.41) is 26.5. The lowest BCUT2D eigenvalue weighted by Crippen LogP contribution is -2.62. The standard InChI is InChI=1S/C32H50FN7O3.C2H2O4/c1-22(2)27(9-8-13-34-14-16-42-7)39-19-32(20-39)12-15-38(18-32)29-30(37-36-21-35-29)43-28-11-10-25(33)17-26(28)31(41)40(23(3)4)24(5)6;3-1(4)2(5)6/h10-11,17,21-24,27,34H,8-9,12-16,18-20H2,1-7H3;(H,3,4)(H,5,6). The van der Waals surface area contributed by atoms with Crippen LogP contribution in [0.1, 0.15) is 71.2 Å². The smallest absolute Gasteiger partial charge is 0.414 e. The lowest BCUT2D eigenvalue weighted by atomic mass is 9.76. The Bertz CT molecular complexity index is 1380. The van der Waals surface area contributed by atoms with Crippen molar-refractivity contribution in [1.29, 1.82) is 0 Å². The average Bonchev–Trinajstić information content (AvgIpc) is 3.47.